The highest BCUT2D eigenvalue weighted by Gasteiger charge is 2.08. The van der Waals surface area contributed by atoms with Crippen LogP contribution in [0.5, 0.6) is 0 Å². The van der Waals surface area contributed by atoms with Gasteiger partial charge in [-0.15, -0.1) is 36.2 Å². The predicted octanol–water partition coefficient (Wildman–Crippen LogP) is 3.04. The number of nitrogens with two attached hydrogens (primary N) is 1. The maximum Gasteiger partial charge on any atom is 0.251 e. The Morgan fingerprint density at radius 3 is 2.76 bits per heavy atom. The second-order valence-corrected chi connectivity index (χ2v) is 5.13. The van der Waals surface area contributed by atoms with Crippen molar-refractivity contribution in [1.29, 1.82) is 0 Å². The first-order chi connectivity index (χ1) is 9.20. The third kappa shape index (κ3) is 5.63. The zero-order valence-electron chi connectivity index (χ0n) is 11.7. The van der Waals surface area contributed by atoms with Crippen LogP contribution >= 0.6 is 36.2 Å². The van der Waals surface area contributed by atoms with Crippen LogP contribution in [0.25, 0.3) is 10.6 Å². The molecular formula is C14H19Cl2N3OS. The maximum atomic E-state index is 11.9. The van der Waals surface area contributed by atoms with Gasteiger partial charge >= 0.3 is 0 Å². The topological polar surface area (TPSA) is 68.0 Å². The largest absolute Gasteiger partial charge is 0.352 e. The van der Waals surface area contributed by atoms with E-state index in [9.17, 15) is 4.79 Å². The van der Waals surface area contributed by atoms with Crippen molar-refractivity contribution in [1.82, 2.24) is 10.3 Å². The van der Waals surface area contributed by atoms with E-state index in [4.69, 9.17) is 5.73 Å². The third-order valence-electron chi connectivity index (χ3n) is 2.66. The monoisotopic (exact) mass is 347 g/mol. The molecule has 7 heteroatoms. The molecule has 21 heavy (non-hydrogen) atoms. The summed E-state index contributed by atoms with van der Waals surface area (Å²) in [5.41, 5.74) is 8.03. The van der Waals surface area contributed by atoms with E-state index in [1.54, 1.807) is 11.3 Å². The number of aryl methyl sites for hydroxylation is 1. The average molecular weight is 348 g/mol. The summed E-state index contributed by atoms with van der Waals surface area (Å²) in [5.74, 6) is -0.0661. The van der Waals surface area contributed by atoms with Crippen LogP contribution in [0.2, 0.25) is 0 Å². The third-order valence-corrected chi connectivity index (χ3v) is 3.67. The molecule has 1 amide bonds. The number of nitrogens with zero attached hydrogens (tertiary/aromatic N) is 1. The SMILES string of the molecule is Cc1csc(-c2cccc(C(=O)NCCCN)c2)n1.Cl.Cl. The Hall–Kier alpha value is -1.14. The fourth-order valence-electron chi connectivity index (χ4n) is 1.69. The molecule has 0 saturated carbocycles. The Morgan fingerprint density at radius 1 is 1.38 bits per heavy atom. The molecule has 0 bridgehead atoms. The summed E-state index contributed by atoms with van der Waals surface area (Å²) in [7, 11) is 0. The number of amides is 1. The fourth-order valence-corrected chi connectivity index (χ4v) is 2.48. The first-order valence-electron chi connectivity index (χ1n) is 6.21. The molecule has 0 aliphatic rings. The van der Waals surface area contributed by atoms with Crippen LogP contribution in [0.15, 0.2) is 29.6 Å². The van der Waals surface area contributed by atoms with Crippen molar-refractivity contribution in [3.8, 4) is 10.6 Å². The van der Waals surface area contributed by atoms with E-state index in [-0.39, 0.29) is 30.7 Å². The summed E-state index contributed by atoms with van der Waals surface area (Å²) in [5, 5.41) is 5.79. The zero-order chi connectivity index (χ0) is 13.7. The number of aromatic nitrogens is 1. The first kappa shape index (κ1) is 19.9. The molecule has 0 aliphatic heterocycles. The van der Waals surface area contributed by atoms with Gasteiger partial charge in [0.15, 0.2) is 0 Å². The molecule has 0 spiro atoms. The van der Waals surface area contributed by atoms with Gasteiger partial charge in [-0.2, -0.15) is 0 Å². The highest BCUT2D eigenvalue weighted by atomic mass is 35.5. The van der Waals surface area contributed by atoms with Gasteiger partial charge in [0.05, 0.1) is 0 Å². The molecule has 2 aromatic rings. The average Bonchev–Trinajstić information content (AvgIpc) is 2.86. The lowest BCUT2D eigenvalue weighted by atomic mass is 10.1. The smallest absolute Gasteiger partial charge is 0.251 e. The zero-order valence-corrected chi connectivity index (χ0v) is 14.1. The Bertz CT molecular complexity index is 575. The number of hydrogen-bond donors (Lipinski definition) is 2. The lowest BCUT2D eigenvalue weighted by Crippen LogP contribution is -2.25. The molecule has 2 rings (SSSR count). The van der Waals surface area contributed by atoms with Gasteiger partial charge in [0.25, 0.3) is 5.91 Å². The number of carbonyl (C=O) groups excluding carboxylic acids is 1. The van der Waals surface area contributed by atoms with Crippen molar-refractivity contribution < 1.29 is 4.79 Å². The normalized spacial score (nSPS) is 9.43. The Balaban J connectivity index is 0.00000200. The molecule has 0 saturated heterocycles. The van der Waals surface area contributed by atoms with Crippen LogP contribution in [0.4, 0.5) is 0 Å². The molecule has 1 aromatic carbocycles. The van der Waals surface area contributed by atoms with E-state index in [1.165, 1.54) is 0 Å². The van der Waals surface area contributed by atoms with Gasteiger partial charge in [0, 0.05) is 28.7 Å². The minimum absolute atomic E-state index is 0. The summed E-state index contributed by atoms with van der Waals surface area (Å²) in [6, 6.07) is 7.52. The van der Waals surface area contributed by atoms with Crippen LogP contribution in [-0.4, -0.2) is 24.0 Å². The van der Waals surface area contributed by atoms with E-state index in [2.05, 4.69) is 10.3 Å². The van der Waals surface area contributed by atoms with E-state index in [0.717, 1.165) is 22.7 Å². The molecule has 0 atom stereocenters. The van der Waals surface area contributed by atoms with Crippen molar-refractivity contribution in [2.45, 2.75) is 13.3 Å². The summed E-state index contributed by atoms with van der Waals surface area (Å²) < 4.78 is 0. The molecule has 1 aromatic heterocycles. The Labute approximate surface area is 141 Å². The minimum atomic E-state index is -0.0661. The second-order valence-electron chi connectivity index (χ2n) is 4.27. The summed E-state index contributed by atoms with van der Waals surface area (Å²) in [4.78, 5) is 16.4. The van der Waals surface area contributed by atoms with Crippen LogP contribution in [0.1, 0.15) is 22.5 Å². The molecule has 0 fully saturated rings. The van der Waals surface area contributed by atoms with Crippen molar-refractivity contribution in [2.24, 2.45) is 5.73 Å². The van der Waals surface area contributed by atoms with Crippen molar-refractivity contribution in [3.05, 3.63) is 40.9 Å². The number of thiazole rings is 1. The van der Waals surface area contributed by atoms with E-state index in [0.29, 0.717) is 18.7 Å². The molecule has 0 aliphatic carbocycles. The van der Waals surface area contributed by atoms with Gasteiger partial charge in [-0.25, -0.2) is 4.98 Å². The number of halogens is 2. The number of nitrogens with one attached hydrogen (secondary N) is 1. The molecular weight excluding hydrogens is 329 g/mol. The summed E-state index contributed by atoms with van der Waals surface area (Å²) in [6.45, 7) is 3.15. The van der Waals surface area contributed by atoms with E-state index >= 15 is 0 Å². The van der Waals surface area contributed by atoms with Gasteiger partial charge in [-0.3, -0.25) is 4.79 Å². The lowest BCUT2D eigenvalue weighted by molar-refractivity contribution is 0.0953. The van der Waals surface area contributed by atoms with Gasteiger partial charge in [0.2, 0.25) is 0 Å². The molecule has 3 N–H and O–H groups in total. The lowest BCUT2D eigenvalue weighted by Gasteiger charge is -2.05. The maximum absolute atomic E-state index is 11.9. The van der Waals surface area contributed by atoms with Gasteiger partial charge < -0.3 is 11.1 Å². The molecule has 1 heterocycles. The highest BCUT2D eigenvalue weighted by Crippen LogP contribution is 2.24. The standard InChI is InChI=1S/C14H17N3OS.2ClH/c1-10-9-19-14(17-10)12-5-2-4-11(8-12)13(18)16-7-3-6-15;;/h2,4-5,8-9H,3,6-7,15H2,1H3,(H,16,18);2*1H. The summed E-state index contributed by atoms with van der Waals surface area (Å²) >= 11 is 1.59. The van der Waals surface area contributed by atoms with Crippen molar-refractivity contribution >= 4 is 42.1 Å². The van der Waals surface area contributed by atoms with E-state index < -0.39 is 0 Å². The van der Waals surface area contributed by atoms with Crippen molar-refractivity contribution in [3.63, 3.8) is 0 Å². The van der Waals surface area contributed by atoms with Crippen LogP contribution in [-0.2, 0) is 0 Å². The fraction of sp³-hybridized carbons (Fsp3) is 0.286. The van der Waals surface area contributed by atoms with Gasteiger partial charge in [-0.1, -0.05) is 12.1 Å². The van der Waals surface area contributed by atoms with E-state index in [1.807, 2.05) is 36.6 Å². The second kappa shape index (κ2) is 9.73. The number of rotatable bonds is 5. The van der Waals surface area contributed by atoms with Crippen LogP contribution in [0.3, 0.4) is 0 Å². The Kier molecular flexibility index (Phi) is 9.21. The molecule has 4 nitrogen and oxygen atoms in total. The van der Waals surface area contributed by atoms with Crippen LogP contribution in [0, 0.1) is 6.92 Å². The summed E-state index contributed by atoms with van der Waals surface area (Å²) in [6.07, 6.45) is 0.789. The number of carbonyl (C=O) groups is 1. The minimum Gasteiger partial charge on any atom is -0.352 e. The number of hydrogen-bond acceptors (Lipinski definition) is 4. The van der Waals surface area contributed by atoms with Crippen LogP contribution < -0.4 is 11.1 Å². The van der Waals surface area contributed by atoms with Gasteiger partial charge in [-0.05, 0) is 32.0 Å². The molecule has 0 radical (unpaired) electrons. The first-order valence-corrected chi connectivity index (χ1v) is 7.09. The predicted molar refractivity (Wildman–Crippen MR) is 92.8 cm³/mol. The Morgan fingerprint density at radius 2 is 2.14 bits per heavy atom. The molecule has 0 unspecified atom stereocenters. The van der Waals surface area contributed by atoms with Gasteiger partial charge in [0.1, 0.15) is 5.01 Å². The molecule has 116 valence electrons. The number of benzene rings is 1. The van der Waals surface area contributed by atoms with Crippen molar-refractivity contribution in [2.75, 3.05) is 13.1 Å². The quantitative estimate of drug-likeness (QED) is 0.816. The highest BCUT2D eigenvalue weighted by molar-refractivity contribution is 7.13.